The van der Waals surface area contributed by atoms with Crippen molar-refractivity contribution in [1.82, 2.24) is 14.2 Å². The van der Waals surface area contributed by atoms with E-state index in [2.05, 4.69) is 11.2 Å². The number of sulfonamides is 1. The third kappa shape index (κ3) is 6.57. The van der Waals surface area contributed by atoms with Gasteiger partial charge in [0.1, 0.15) is 10.3 Å². The Labute approximate surface area is 235 Å². The van der Waals surface area contributed by atoms with Gasteiger partial charge in [-0.15, -0.1) is 11.3 Å². The van der Waals surface area contributed by atoms with Gasteiger partial charge in [-0.1, -0.05) is 41.9 Å². The molecule has 1 aliphatic heterocycles. The van der Waals surface area contributed by atoms with Crippen LogP contribution in [0.4, 0.5) is 0 Å². The van der Waals surface area contributed by atoms with E-state index >= 15 is 0 Å². The predicted octanol–water partition coefficient (Wildman–Crippen LogP) is 3.31. The summed E-state index contributed by atoms with van der Waals surface area (Å²) in [5.74, 6) is -1.20. The molecule has 2 aromatic carbocycles. The minimum Gasteiger partial charge on any atom is -0.467 e. The number of fused-ring (bicyclic) bond motifs is 1. The maximum absolute atomic E-state index is 13.5. The average Bonchev–Trinajstić information content (AvgIpc) is 3.36. The van der Waals surface area contributed by atoms with E-state index in [0.29, 0.717) is 22.7 Å². The highest BCUT2D eigenvalue weighted by atomic mass is 35.5. The van der Waals surface area contributed by atoms with E-state index in [1.807, 2.05) is 24.3 Å². The fourth-order valence-corrected chi connectivity index (χ4v) is 7.29. The lowest BCUT2D eigenvalue weighted by molar-refractivity contribution is -0.157. The van der Waals surface area contributed by atoms with Crippen molar-refractivity contribution in [2.75, 3.05) is 33.8 Å². The average molecular weight is 588 g/mol. The van der Waals surface area contributed by atoms with Crippen LogP contribution in [-0.2, 0) is 30.9 Å². The van der Waals surface area contributed by atoms with E-state index < -0.39 is 34.5 Å². The van der Waals surface area contributed by atoms with Gasteiger partial charge in [0.25, 0.3) is 10.0 Å². The summed E-state index contributed by atoms with van der Waals surface area (Å²) in [6.07, 6.45) is 2.03. The minimum atomic E-state index is -4.05. The zero-order valence-electron chi connectivity index (χ0n) is 21.3. The van der Waals surface area contributed by atoms with E-state index in [9.17, 15) is 18.0 Å². The van der Waals surface area contributed by atoms with Crippen LogP contribution in [0.2, 0.25) is 5.02 Å². The molecule has 4 rings (SSSR count). The highest BCUT2D eigenvalue weighted by Gasteiger charge is 2.42. The minimum absolute atomic E-state index is 0.0696. The lowest BCUT2D eigenvalue weighted by atomic mass is 10.1. The van der Waals surface area contributed by atoms with E-state index in [1.54, 1.807) is 42.5 Å². The van der Waals surface area contributed by atoms with E-state index in [4.69, 9.17) is 21.6 Å². The summed E-state index contributed by atoms with van der Waals surface area (Å²) in [4.78, 5) is 27.2. The SMILES string of the molecule is COC(=O)[C@H]1CN(S(=O)(=O)c2cc3ccc(Cl)cc3s2)CC(=O)N1Cc1ccc(C=NN(C)CCC#N)cc1. The standard InChI is InChI=1S/C26H26ClN5O5S2/c1-30(11-3-10-28)29-14-18-4-6-19(7-5-18)15-32-22(26(34)37-2)16-31(17-24(32)33)39(35,36)25-12-20-8-9-21(27)13-23(20)38-25/h4-9,12-14,22H,3,11,15-17H2,1-2H3/t22-/m1/s1. The molecule has 1 aromatic heterocycles. The molecule has 1 saturated heterocycles. The summed E-state index contributed by atoms with van der Waals surface area (Å²) < 4.78 is 33.7. The van der Waals surface area contributed by atoms with Gasteiger partial charge >= 0.3 is 5.97 Å². The van der Waals surface area contributed by atoms with Gasteiger partial charge in [0.05, 0.1) is 32.4 Å². The quantitative estimate of drug-likeness (QED) is 0.214. The number of rotatable bonds is 9. The van der Waals surface area contributed by atoms with Gasteiger partial charge in [-0.3, -0.25) is 9.80 Å². The number of esters is 1. The number of ether oxygens (including phenoxy) is 1. The van der Waals surface area contributed by atoms with Crippen molar-refractivity contribution in [3.05, 3.63) is 64.7 Å². The van der Waals surface area contributed by atoms with Crippen molar-refractivity contribution in [1.29, 1.82) is 5.26 Å². The second-order valence-corrected chi connectivity index (χ2v) is 12.6. The molecule has 0 spiro atoms. The molecule has 1 fully saturated rings. The van der Waals surface area contributed by atoms with Gasteiger partial charge in [-0.05, 0) is 34.7 Å². The largest absolute Gasteiger partial charge is 0.467 e. The molecule has 0 unspecified atom stereocenters. The maximum atomic E-state index is 13.5. The molecule has 0 saturated carbocycles. The Morgan fingerprint density at radius 1 is 1.28 bits per heavy atom. The van der Waals surface area contributed by atoms with Gasteiger partial charge in [-0.25, -0.2) is 13.2 Å². The van der Waals surface area contributed by atoms with Crippen LogP contribution in [0.25, 0.3) is 10.1 Å². The first kappa shape index (κ1) is 28.5. The van der Waals surface area contributed by atoms with Gasteiger partial charge in [0, 0.05) is 36.4 Å². The molecule has 39 heavy (non-hydrogen) atoms. The van der Waals surface area contributed by atoms with Crippen molar-refractivity contribution in [2.45, 2.75) is 23.2 Å². The number of hydrogen-bond donors (Lipinski definition) is 0. The van der Waals surface area contributed by atoms with Gasteiger partial charge in [0.2, 0.25) is 5.91 Å². The summed E-state index contributed by atoms with van der Waals surface area (Å²) in [7, 11) is -1.07. The Bertz CT molecular complexity index is 1550. The molecule has 0 bridgehead atoms. The first-order valence-corrected chi connectivity index (χ1v) is 14.5. The molecule has 10 nitrogen and oxygen atoms in total. The number of piperazine rings is 1. The van der Waals surface area contributed by atoms with E-state index in [-0.39, 0.29) is 17.3 Å². The number of halogens is 1. The van der Waals surface area contributed by atoms with Crippen LogP contribution in [0.5, 0.6) is 0 Å². The number of nitriles is 1. The topological polar surface area (TPSA) is 123 Å². The summed E-state index contributed by atoms with van der Waals surface area (Å²) in [5, 5.41) is 15.8. The molecule has 0 aliphatic carbocycles. The molecule has 1 aliphatic rings. The second kappa shape index (κ2) is 12.1. The summed E-state index contributed by atoms with van der Waals surface area (Å²) >= 11 is 7.10. The van der Waals surface area contributed by atoms with Crippen molar-refractivity contribution in [2.24, 2.45) is 5.10 Å². The van der Waals surface area contributed by atoms with Crippen LogP contribution in [0.1, 0.15) is 17.5 Å². The Morgan fingerprint density at radius 2 is 2.03 bits per heavy atom. The van der Waals surface area contributed by atoms with Crippen LogP contribution in [0.3, 0.4) is 0 Å². The van der Waals surface area contributed by atoms with Gasteiger partial charge in [-0.2, -0.15) is 14.7 Å². The van der Waals surface area contributed by atoms with Crippen LogP contribution in [0, 0.1) is 11.3 Å². The molecular weight excluding hydrogens is 562 g/mol. The third-order valence-corrected chi connectivity index (χ3v) is 9.79. The molecule has 204 valence electrons. The Hall–Kier alpha value is -3.50. The smallest absolute Gasteiger partial charge is 0.329 e. The van der Waals surface area contributed by atoms with Crippen molar-refractivity contribution in [3.8, 4) is 6.07 Å². The van der Waals surface area contributed by atoms with Crippen LogP contribution in [-0.4, -0.2) is 80.6 Å². The number of thiophene rings is 1. The number of amides is 1. The zero-order valence-corrected chi connectivity index (χ0v) is 23.7. The number of benzene rings is 2. The van der Waals surface area contributed by atoms with E-state index in [1.165, 1.54) is 12.0 Å². The molecule has 2 heterocycles. The van der Waals surface area contributed by atoms with Crippen molar-refractivity contribution >= 4 is 61.1 Å². The van der Waals surface area contributed by atoms with Crippen LogP contribution in [0.15, 0.2) is 57.8 Å². The third-order valence-electron chi connectivity index (χ3n) is 6.20. The highest BCUT2D eigenvalue weighted by molar-refractivity contribution is 7.91. The maximum Gasteiger partial charge on any atom is 0.329 e. The predicted molar refractivity (Wildman–Crippen MR) is 149 cm³/mol. The highest BCUT2D eigenvalue weighted by Crippen LogP contribution is 2.33. The Balaban J connectivity index is 1.51. The molecular formula is C26H26ClN5O5S2. The molecule has 0 radical (unpaired) electrons. The lowest BCUT2D eigenvalue weighted by Gasteiger charge is -2.38. The van der Waals surface area contributed by atoms with Gasteiger partial charge < -0.3 is 9.64 Å². The fraction of sp³-hybridized carbons (Fsp3) is 0.308. The Kier molecular flexibility index (Phi) is 8.87. The monoisotopic (exact) mass is 587 g/mol. The van der Waals surface area contributed by atoms with E-state index in [0.717, 1.165) is 32.2 Å². The van der Waals surface area contributed by atoms with Crippen molar-refractivity contribution in [3.63, 3.8) is 0 Å². The normalized spacial score (nSPS) is 16.5. The van der Waals surface area contributed by atoms with Crippen molar-refractivity contribution < 1.29 is 22.7 Å². The first-order chi connectivity index (χ1) is 18.6. The number of carbonyl (C=O) groups is 2. The van der Waals surface area contributed by atoms with Gasteiger partial charge in [0.15, 0.2) is 0 Å². The number of carbonyl (C=O) groups excluding carboxylic acids is 2. The molecule has 1 atom stereocenters. The summed E-state index contributed by atoms with van der Waals surface area (Å²) in [6.45, 7) is -0.00540. The van der Waals surface area contributed by atoms with Crippen LogP contribution >= 0.6 is 22.9 Å². The zero-order chi connectivity index (χ0) is 28.2. The second-order valence-electron chi connectivity index (χ2n) is 8.88. The lowest BCUT2D eigenvalue weighted by Crippen LogP contribution is -2.60. The fourth-order valence-electron chi connectivity index (χ4n) is 4.07. The number of hydrazone groups is 1. The number of methoxy groups -OCH3 is 1. The number of nitrogens with zero attached hydrogens (tertiary/aromatic N) is 5. The summed E-state index contributed by atoms with van der Waals surface area (Å²) in [6, 6.07) is 14.9. The Morgan fingerprint density at radius 3 is 2.72 bits per heavy atom. The molecule has 3 aromatic rings. The number of hydrogen-bond acceptors (Lipinski definition) is 9. The molecule has 13 heteroatoms. The van der Waals surface area contributed by atoms with Crippen LogP contribution < -0.4 is 0 Å². The molecule has 0 N–H and O–H groups in total. The first-order valence-electron chi connectivity index (χ1n) is 11.9. The molecule has 1 amide bonds. The summed E-state index contributed by atoms with van der Waals surface area (Å²) in [5.41, 5.74) is 1.57.